The maximum atomic E-state index is 11.3. The van der Waals surface area contributed by atoms with Gasteiger partial charge in [0.2, 0.25) is 0 Å². The molecule has 0 aliphatic carbocycles. The third-order valence-electron chi connectivity index (χ3n) is 2.30. The van der Waals surface area contributed by atoms with Crippen molar-refractivity contribution in [3.63, 3.8) is 0 Å². The molecule has 19 heavy (non-hydrogen) atoms. The van der Waals surface area contributed by atoms with E-state index in [0.29, 0.717) is 21.6 Å². The molecule has 1 N–H and O–H groups in total. The van der Waals surface area contributed by atoms with Gasteiger partial charge in [0.1, 0.15) is 5.75 Å². The van der Waals surface area contributed by atoms with E-state index in [9.17, 15) is 4.79 Å². The van der Waals surface area contributed by atoms with E-state index in [1.807, 2.05) is 0 Å². The lowest BCUT2D eigenvalue weighted by Crippen LogP contribution is -2.01. The molecule has 100 valence electrons. The zero-order chi connectivity index (χ0) is 13.8. The number of ether oxygens (including phenoxy) is 2. The first-order chi connectivity index (χ1) is 9.13. The van der Waals surface area contributed by atoms with Gasteiger partial charge < -0.3 is 14.8 Å². The molecule has 0 fully saturated rings. The Balaban J connectivity index is 2.23. The summed E-state index contributed by atoms with van der Waals surface area (Å²) in [7, 11) is 2.88. The molecule has 0 saturated heterocycles. The van der Waals surface area contributed by atoms with Gasteiger partial charge in [-0.2, -0.15) is 0 Å². The van der Waals surface area contributed by atoms with Crippen molar-refractivity contribution in [1.82, 2.24) is 4.98 Å². The third-order valence-corrected chi connectivity index (χ3v) is 3.29. The van der Waals surface area contributed by atoms with Crippen molar-refractivity contribution < 1.29 is 14.3 Å². The number of hydrogen-bond acceptors (Lipinski definition) is 6. The summed E-state index contributed by atoms with van der Waals surface area (Å²) in [6.45, 7) is 0. The Labute approximate surface area is 119 Å². The predicted octanol–water partition coefficient (Wildman–Crippen LogP) is 3.34. The fraction of sp³-hybridized carbons (Fsp3) is 0.167. The second kappa shape index (κ2) is 5.90. The Morgan fingerprint density at radius 1 is 1.42 bits per heavy atom. The van der Waals surface area contributed by atoms with Crippen LogP contribution in [0.3, 0.4) is 0 Å². The molecular formula is C12H11ClN2O3S. The summed E-state index contributed by atoms with van der Waals surface area (Å²) in [6, 6.07) is 5.20. The highest BCUT2D eigenvalue weighted by Crippen LogP contribution is 2.31. The van der Waals surface area contributed by atoms with Gasteiger partial charge in [0, 0.05) is 10.4 Å². The van der Waals surface area contributed by atoms with Crippen LogP contribution in [0.1, 0.15) is 10.5 Å². The van der Waals surface area contributed by atoms with Crippen LogP contribution < -0.4 is 10.1 Å². The second-order valence-corrected chi connectivity index (χ2v) is 4.79. The van der Waals surface area contributed by atoms with E-state index < -0.39 is 5.97 Å². The number of halogens is 1. The normalized spacial score (nSPS) is 10.1. The average Bonchev–Trinajstić information content (AvgIpc) is 2.86. The Bertz CT molecular complexity index is 600. The van der Waals surface area contributed by atoms with Gasteiger partial charge in [0.05, 0.1) is 19.9 Å². The lowest BCUT2D eigenvalue weighted by Gasteiger charge is -2.09. The fourth-order valence-corrected chi connectivity index (χ4v) is 2.29. The van der Waals surface area contributed by atoms with Crippen molar-refractivity contribution in [2.24, 2.45) is 0 Å². The molecule has 2 aromatic rings. The fourth-order valence-electron chi connectivity index (χ4n) is 1.42. The topological polar surface area (TPSA) is 60.5 Å². The maximum Gasteiger partial charge on any atom is 0.357 e. The number of esters is 1. The predicted molar refractivity (Wildman–Crippen MR) is 74.7 cm³/mol. The molecular weight excluding hydrogens is 288 g/mol. The molecule has 0 unspecified atom stereocenters. The SMILES string of the molecule is COC(=O)c1csc(Nc2cc(Cl)ccc2OC)n1. The number of anilines is 2. The minimum absolute atomic E-state index is 0.260. The van der Waals surface area contributed by atoms with Gasteiger partial charge in [0.25, 0.3) is 0 Å². The van der Waals surface area contributed by atoms with Crippen molar-refractivity contribution in [3.05, 3.63) is 34.3 Å². The van der Waals surface area contributed by atoms with Crippen LogP contribution in [0.5, 0.6) is 5.75 Å². The summed E-state index contributed by atoms with van der Waals surface area (Å²) in [4.78, 5) is 15.4. The van der Waals surface area contributed by atoms with Crippen LogP contribution in [-0.2, 0) is 4.74 Å². The lowest BCUT2D eigenvalue weighted by molar-refractivity contribution is 0.0595. The van der Waals surface area contributed by atoms with Gasteiger partial charge in [-0.15, -0.1) is 11.3 Å². The summed E-state index contributed by atoms with van der Waals surface area (Å²) < 4.78 is 9.81. The smallest absolute Gasteiger partial charge is 0.357 e. The summed E-state index contributed by atoms with van der Waals surface area (Å²) in [5.41, 5.74) is 0.941. The highest BCUT2D eigenvalue weighted by molar-refractivity contribution is 7.14. The molecule has 0 radical (unpaired) electrons. The zero-order valence-electron chi connectivity index (χ0n) is 10.3. The van der Waals surface area contributed by atoms with Crippen molar-refractivity contribution in [1.29, 1.82) is 0 Å². The van der Waals surface area contributed by atoms with Crippen LogP contribution in [0.25, 0.3) is 0 Å². The molecule has 7 heteroatoms. The average molecular weight is 299 g/mol. The van der Waals surface area contributed by atoms with Gasteiger partial charge in [-0.3, -0.25) is 0 Å². The third kappa shape index (κ3) is 3.15. The van der Waals surface area contributed by atoms with E-state index in [1.165, 1.54) is 18.4 Å². The number of carbonyl (C=O) groups excluding carboxylic acids is 1. The number of hydrogen-bond donors (Lipinski definition) is 1. The van der Waals surface area contributed by atoms with Crippen LogP contribution in [-0.4, -0.2) is 25.2 Å². The molecule has 1 heterocycles. The number of benzene rings is 1. The standard InChI is InChI=1S/C12H11ClN2O3S/c1-17-10-4-3-7(13)5-8(10)14-12-15-9(6-19-12)11(16)18-2/h3-6H,1-2H3,(H,14,15). The van der Waals surface area contributed by atoms with Gasteiger partial charge in [-0.05, 0) is 18.2 Å². The molecule has 0 saturated carbocycles. The molecule has 5 nitrogen and oxygen atoms in total. The van der Waals surface area contributed by atoms with Crippen LogP contribution >= 0.6 is 22.9 Å². The number of aromatic nitrogens is 1. The number of methoxy groups -OCH3 is 2. The molecule has 0 atom stereocenters. The van der Waals surface area contributed by atoms with E-state index in [-0.39, 0.29) is 5.69 Å². The number of nitrogens with one attached hydrogen (secondary N) is 1. The Morgan fingerprint density at radius 3 is 2.89 bits per heavy atom. The van der Waals surface area contributed by atoms with E-state index in [0.717, 1.165) is 0 Å². The molecule has 1 aromatic carbocycles. The van der Waals surface area contributed by atoms with E-state index in [2.05, 4.69) is 15.0 Å². The first-order valence-electron chi connectivity index (χ1n) is 5.28. The summed E-state index contributed by atoms with van der Waals surface area (Å²) in [6.07, 6.45) is 0. The van der Waals surface area contributed by atoms with Gasteiger partial charge in [0.15, 0.2) is 10.8 Å². The minimum atomic E-state index is -0.470. The summed E-state index contributed by atoms with van der Waals surface area (Å²) in [5.74, 6) is 0.168. The molecule has 2 rings (SSSR count). The molecule has 0 spiro atoms. The van der Waals surface area contributed by atoms with Gasteiger partial charge >= 0.3 is 5.97 Å². The largest absolute Gasteiger partial charge is 0.495 e. The van der Waals surface area contributed by atoms with Crippen LogP contribution in [0, 0.1) is 0 Å². The molecule has 0 aliphatic rings. The van der Waals surface area contributed by atoms with Gasteiger partial charge in [-0.25, -0.2) is 9.78 Å². The van der Waals surface area contributed by atoms with Gasteiger partial charge in [-0.1, -0.05) is 11.6 Å². The molecule has 1 aromatic heterocycles. The highest BCUT2D eigenvalue weighted by atomic mass is 35.5. The highest BCUT2D eigenvalue weighted by Gasteiger charge is 2.12. The monoisotopic (exact) mass is 298 g/mol. The maximum absolute atomic E-state index is 11.3. The summed E-state index contributed by atoms with van der Waals surface area (Å²) >= 11 is 7.22. The zero-order valence-corrected chi connectivity index (χ0v) is 11.8. The van der Waals surface area contributed by atoms with Crippen molar-refractivity contribution in [2.75, 3.05) is 19.5 Å². The quantitative estimate of drug-likeness (QED) is 0.877. The Kier molecular flexibility index (Phi) is 4.24. The van der Waals surface area contributed by atoms with Crippen molar-refractivity contribution >= 4 is 39.7 Å². The van der Waals surface area contributed by atoms with Crippen molar-refractivity contribution in [2.45, 2.75) is 0 Å². The van der Waals surface area contributed by atoms with E-state index in [1.54, 1.807) is 30.7 Å². The van der Waals surface area contributed by atoms with Crippen LogP contribution in [0.15, 0.2) is 23.6 Å². The van der Waals surface area contributed by atoms with Crippen LogP contribution in [0.4, 0.5) is 10.8 Å². The van der Waals surface area contributed by atoms with Crippen LogP contribution in [0.2, 0.25) is 5.02 Å². The minimum Gasteiger partial charge on any atom is -0.495 e. The number of rotatable bonds is 4. The van der Waals surface area contributed by atoms with E-state index >= 15 is 0 Å². The van der Waals surface area contributed by atoms with Crippen molar-refractivity contribution in [3.8, 4) is 5.75 Å². The molecule has 0 bridgehead atoms. The Hall–Kier alpha value is -1.79. The molecule has 0 aliphatic heterocycles. The lowest BCUT2D eigenvalue weighted by atomic mass is 10.3. The second-order valence-electron chi connectivity index (χ2n) is 3.50. The number of thiazole rings is 1. The summed E-state index contributed by atoms with van der Waals surface area (Å²) in [5, 5.41) is 5.80. The number of nitrogens with zero attached hydrogens (tertiary/aromatic N) is 1. The first-order valence-corrected chi connectivity index (χ1v) is 6.54. The van der Waals surface area contributed by atoms with E-state index in [4.69, 9.17) is 16.3 Å². The number of carbonyl (C=O) groups is 1. The first kappa shape index (κ1) is 13.6. The Morgan fingerprint density at radius 2 is 2.21 bits per heavy atom. The molecule has 0 amide bonds.